The molecule has 1 unspecified atom stereocenters. The number of nitrogens with two attached hydrogens (primary N) is 1. The molecular formula is C17H27N. The molecule has 1 aliphatic carbocycles. The molecule has 1 aromatic rings. The molecule has 100 valence electrons. The van der Waals surface area contributed by atoms with Crippen molar-refractivity contribution < 1.29 is 0 Å². The second-order valence-electron chi connectivity index (χ2n) is 7.73. The van der Waals surface area contributed by atoms with Crippen molar-refractivity contribution in [3.05, 3.63) is 35.4 Å². The Morgan fingerprint density at radius 1 is 1.11 bits per heavy atom. The first-order valence-corrected chi connectivity index (χ1v) is 7.05. The summed E-state index contributed by atoms with van der Waals surface area (Å²) >= 11 is 0. The summed E-state index contributed by atoms with van der Waals surface area (Å²) in [7, 11) is 0. The Labute approximate surface area is 112 Å². The maximum Gasteiger partial charge on any atom is 0.0323 e. The van der Waals surface area contributed by atoms with E-state index in [1.807, 2.05) is 0 Å². The summed E-state index contributed by atoms with van der Waals surface area (Å²) in [5.41, 5.74) is 9.79. The zero-order valence-electron chi connectivity index (χ0n) is 12.5. The fourth-order valence-corrected chi connectivity index (χ4v) is 3.09. The topological polar surface area (TPSA) is 26.0 Å². The number of rotatable bonds is 2. The van der Waals surface area contributed by atoms with Crippen LogP contribution in [-0.4, -0.2) is 0 Å². The molecule has 1 aromatic carbocycles. The van der Waals surface area contributed by atoms with Gasteiger partial charge >= 0.3 is 0 Å². The van der Waals surface area contributed by atoms with Gasteiger partial charge in [0.05, 0.1) is 0 Å². The summed E-state index contributed by atoms with van der Waals surface area (Å²) < 4.78 is 0. The van der Waals surface area contributed by atoms with Gasteiger partial charge in [-0.05, 0) is 40.7 Å². The van der Waals surface area contributed by atoms with Gasteiger partial charge in [-0.2, -0.15) is 0 Å². The highest BCUT2D eigenvalue weighted by atomic mass is 14.7. The minimum absolute atomic E-state index is 0.215. The quantitative estimate of drug-likeness (QED) is 0.820. The van der Waals surface area contributed by atoms with Gasteiger partial charge in [-0.3, -0.25) is 0 Å². The van der Waals surface area contributed by atoms with Crippen molar-refractivity contribution in [2.75, 3.05) is 0 Å². The van der Waals surface area contributed by atoms with E-state index in [-0.39, 0.29) is 11.5 Å². The van der Waals surface area contributed by atoms with Gasteiger partial charge in [0, 0.05) is 6.04 Å². The smallest absolute Gasteiger partial charge is 0.0323 e. The van der Waals surface area contributed by atoms with Gasteiger partial charge in [-0.1, -0.05) is 58.9 Å². The van der Waals surface area contributed by atoms with Crippen LogP contribution in [0.4, 0.5) is 0 Å². The molecule has 1 nitrogen and oxygen atoms in total. The van der Waals surface area contributed by atoms with Crippen LogP contribution in [0.3, 0.4) is 0 Å². The van der Waals surface area contributed by atoms with Crippen LogP contribution in [0.15, 0.2) is 24.3 Å². The molecule has 0 saturated heterocycles. The molecule has 1 aliphatic rings. The van der Waals surface area contributed by atoms with Crippen LogP contribution >= 0.6 is 0 Å². The van der Waals surface area contributed by atoms with Crippen LogP contribution in [0.25, 0.3) is 0 Å². The maximum absolute atomic E-state index is 6.38. The minimum Gasteiger partial charge on any atom is -0.324 e. The van der Waals surface area contributed by atoms with Gasteiger partial charge < -0.3 is 5.73 Å². The first-order valence-electron chi connectivity index (χ1n) is 7.05. The monoisotopic (exact) mass is 245 g/mol. The second-order valence-corrected chi connectivity index (χ2v) is 7.73. The lowest BCUT2D eigenvalue weighted by atomic mass is 9.61. The number of benzene rings is 1. The van der Waals surface area contributed by atoms with Gasteiger partial charge in [0.2, 0.25) is 0 Å². The molecule has 0 aromatic heterocycles. The highest BCUT2D eigenvalue weighted by molar-refractivity contribution is 5.29. The van der Waals surface area contributed by atoms with Crippen molar-refractivity contribution in [2.24, 2.45) is 17.1 Å². The third kappa shape index (κ3) is 2.77. The Hall–Kier alpha value is -0.820. The predicted molar refractivity (Wildman–Crippen MR) is 78.6 cm³/mol. The molecule has 0 bridgehead atoms. The molecule has 1 atom stereocenters. The molecule has 0 aliphatic heterocycles. The van der Waals surface area contributed by atoms with E-state index >= 15 is 0 Å². The highest BCUT2D eigenvalue weighted by Crippen LogP contribution is 2.49. The van der Waals surface area contributed by atoms with E-state index in [1.165, 1.54) is 24.0 Å². The van der Waals surface area contributed by atoms with E-state index in [1.54, 1.807) is 0 Å². The van der Waals surface area contributed by atoms with Gasteiger partial charge in [-0.25, -0.2) is 0 Å². The largest absolute Gasteiger partial charge is 0.324 e. The molecule has 1 fully saturated rings. The molecular weight excluding hydrogens is 218 g/mol. The molecule has 1 saturated carbocycles. The first kappa shape index (κ1) is 13.6. The minimum atomic E-state index is 0.215. The fraction of sp³-hybridized carbons (Fsp3) is 0.647. The van der Waals surface area contributed by atoms with Crippen molar-refractivity contribution in [2.45, 2.75) is 58.9 Å². The predicted octanol–water partition coefficient (Wildman–Crippen LogP) is 4.42. The van der Waals surface area contributed by atoms with Crippen LogP contribution in [0.2, 0.25) is 0 Å². The third-order valence-electron chi connectivity index (χ3n) is 4.30. The molecule has 0 spiro atoms. The average Bonchev–Trinajstić information content (AvgIpc) is 2.24. The summed E-state index contributed by atoms with van der Waals surface area (Å²) in [6.07, 6.45) is 2.52. The zero-order chi connectivity index (χ0) is 13.6. The maximum atomic E-state index is 6.38. The first-order chi connectivity index (χ1) is 8.19. The molecule has 0 heterocycles. The van der Waals surface area contributed by atoms with Crippen molar-refractivity contribution >= 4 is 0 Å². The summed E-state index contributed by atoms with van der Waals surface area (Å²) in [5, 5.41) is 0. The van der Waals surface area contributed by atoms with Gasteiger partial charge in [0.15, 0.2) is 0 Å². The van der Waals surface area contributed by atoms with Gasteiger partial charge in [-0.15, -0.1) is 0 Å². The molecule has 0 amide bonds. The standard InChI is InChI=1S/C17H27N/c1-16(2,3)14-8-6-12(7-9-14)15(18)13-10-17(4,5)11-13/h6-9,13,15H,10-11,18H2,1-5H3. The van der Waals surface area contributed by atoms with E-state index in [0.29, 0.717) is 11.3 Å². The Bertz CT molecular complexity index is 400. The van der Waals surface area contributed by atoms with E-state index in [2.05, 4.69) is 58.9 Å². The fourth-order valence-electron chi connectivity index (χ4n) is 3.09. The van der Waals surface area contributed by atoms with Crippen molar-refractivity contribution in [1.82, 2.24) is 0 Å². The highest BCUT2D eigenvalue weighted by Gasteiger charge is 2.39. The van der Waals surface area contributed by atoms with E-state index in [9.17, 15) is 0 Å². The van der Waals surface area contributed by atoms with Crippen LogP contribution in [0.5, 0.6) is 0 Å². The summed E-state index contributed by atoms with van der Waals surface area (Å²) in [6.45, 7) is 11.4. The van der Waals surface area contributed by atoms with Gasteiger partial charge in [0.1, 0.15) is 0 Å². The van der Waals surface area contributed by atoms with E-state index in [4.69, 9.17) is 5.73 Å². The van der Waals surface area contributed by atoms with Crippen molar-refractivity contribution in [1.29, 1.82) is 0 Å². The Balaban J connectivity index is 2.06. The zero-order valence-corrected chi connectivity index (χ0v) is 12.5. The summed E-state index contributed by atoms with van der Waals surface area (Å²) in [5.74, 6) is 0.667. The van der Waals surface area contributed by atoms with Crippen molar-refractivity contribution in [3.63, 3.8) is 0 Å². The number of hydrogen-bond acceptors (Lipinski definition) is 1. The molecule has 2 rings (SSSR count). The normalized spacial score (nSPS) is 21.4. The number of hydrogen-bond donors (Lipinski definition) is 1. The summed E-state index contributed by atoms with van der Waals surface area (Å²) in [4.78, 5) is 0. The van der Waals surface area contributed by atoms with E-state index < -0.39 is 0 Å². The Kier molecular flexibility index (Phi) is 3.31. The Morgan fingerprint density at radius 2 is 1.61 bits per heavy atom. The van der Waals surface area contributed by atoms with Crippen molar-refractivity contribution in [3.8, 4) is 0 Å². The lowest BCUT2D eigenvalue weighted by Crippen LogP contribution is -2.38. The van der Waals surface area contributed by atoms with Crippen LogP contribution in [0.1, 0.15) is 64.6 Å². The van der Waals surface area contributed by atoms with Gasteiger partial charge in [0.25, 0.3) is 0 Å². The lowest BCUT2D eigenvalue weighted by molar-refractivity contribution is 0.0758. The Morgan fingerprint density at radius 3 is 2.00 bits per heavy atom. The van der Waals surface area contributed by atoms with Crippen LogP contribution in [0, 0.1) is 11.3 Å². The van der Waals surface area contributed by atoms with E-state index in [0.717, 1.165) is 0 Å². The third-order valence-corrected chi connectivity index (χ3v) is 4.30. The second kappa shape index (κ2) is 4.38. The lowest BCUT2D eigenvalue weighted by Gasteiger charge is -2.45. The SMILES string of the molecule is CC1(C)CC(C(N)c2ccc(C(C)(C)C)cc2)C1. The molecule has 18 heavy (non-hydrogen) atoms. The average molecular weight is 245 g/mol. The molecule has 1 heteroatoms. The van der Waals surface area contributed by atoms with Crippen LogP contribution in [-0.2, 0) is 5.41 Å². The summed E-state index contributed by atoms with van der Waals surface area (Å²) in [6, 6.07) is 9.12. The molecule has 0 radical (unpaired) electrons. The van der Waals surface area contributed by atoms with Crippen LogP contribution < -0.4 is 5.73 Å². The molecule has 2 N–H and O–H groups in total.